The molecule has 0 aromatic carbocycles. The molecule has 4 nitrogen and oxygen atoms in total. The van der Waals surface area contributed by atoms with Gasteiger partial charge in [0.2, 0.25) is 0 Å². The zero-order chi connectivity index (χ0) is 10.3. The van der Waals surface area contributed by atoms with Gasteiger partial charge in [-0.25, -0.2) is 0 Å². The smallest absolute Gasteiger partial charge is 0.195 e. The zero-order valence-electron chi connectivity index (χ0n) is 8.81. The molecule has 0 radical (unpaired) electrons. The van der Waals surface area contributed by atoms with E-state index in [1.165, 1.54) is 0 Å². The summed E-state index contributed by atoms with van der Waals surface area (Å²) < 4.78 is 26.8. The highest BCUT2D eigenvalue weighted by molar-refractivity contribution is 7.86. The Morgan fingerprint density at radius 3 is 2.07 bits per heavy atom. The zero-order valence-corrected chi connectivity index (χ0v) is 9.63. The second kappa shape index (κ2) is 3.47. The van der Waals surface area contributed by atoms with Crippen molar-refractivity contribution in [2.24, 2.45) is 11.8 Å². The molecule has 0 aromatic heterocycles. The van der Waals surface area contributed by atoms with Crippen LogP contribution in [-0.2, 0) is 10.2 Å². The van der Waals surface area contributed by atoms with Crippen molar-refractivity contribution in [1.82, 2.24) is 8.61 Å². The lowest BCUT2D eigenvalue weighted by atomic mass is 9.91. The summed E-state index contributed by atoms with van der Waals surface area (Å²) in [5.41, 5.74) is 0. The molecule has 0 amide bonds. The van der Waals surface area contributed by atoms with Crippen LogP contribution in [0.5, 0.6) is 0 Å². The molecule has 0 atom stereocenters. The molecule has 2 aliphatic rings. The van der Waals surface area contributed by atoms with Crippen molar-refractivity contribution >= 4 is 10.2 Å². The van der Waals surface area contributed by atoms with Crippen molar-refractivity contribution in [2.45, 2.75) is 20.3 Å². The highest BCUT2D eigenvalue weighted by atomic mass is 32.2. The van der Waals surface area contributed by atoms with Gasteiger partial charge in [0.15, 0.2) is 0 Å². The van der Waals surface area contributed by atoms with Gasteiger partial charge in [-0.1, -0.05) is 13.8 Å². The first-order chi connectivity index (χ1) is 6.51. The highest BCUT2D eigenvalue weighted by Crippen LogP contribution is 2.28. The lowest BCUT2D eigenvalue weighted by Crippen LogP contribution is -2.58. The van der Waals surface area contributed by atoms with E-state index in [0.29, 0.717) is 24.9 Å². The van der Waals surface area contributed by atoms with Crippen molar-refractivity contribution < 1.29 is 8.42 Å². The van der Waals surface area contributed by atoms with Crippen LogP contribution in [0.1, 0.15) is 20.3 Å². The van der Waals surface area contributed by atoms with E-state index in [0.717, 1.165) is 19.5 Å². The Labute approximate surface area is 86.1 Å². The number of rotatable bonds is 3. The minimum Gasteiger partial charge on any atom is -0.195 e. The van der Waals surface area contributed by atoms with Crippen LogP contribution in [0.2, 0.25) is 0 Å². The molecule has 2 rings (SSSR count). The Kier molecular flexibility index (Phi) is 2.57. The maximum Gasteiger partial charge on any atom is 0.281 e. The van der Waals surface area contributed by atoms with Gasteiger partial charge in [-0.2, -0.15) is 17.0 Å². The van der Waals surface area contributed by atoms with Crippen LogP contribution in [-0.4, -0.2) is 43.2 Å². The molecule has 5 heteroatoms. The summed E-state index contributed by atoms with van der Waals surface area (Å²) in [6.07, 6.45) is 1.01. The Hall–Kier alpha value is -0.130. The third kappa shape index (κ3) is 1.57. The molecular weight excluding hydrogens is 200 g/mol. The molecule has 0 bridgehead atoms. The predicted molar refractivity (Wildman–Crippen MR) is 55.0 cm³/mol. The largest absolute Gasteiger partial charge is 0.281 e. The summed E-state index contributed by atoms with van der Waals surface area (Å²) in [4.78, 5) is 0. The molecular formula is C9H18N2O2S. The average Bonchev–Trinajstić information content (AvgIpc) is 1.73. The topological polar surface area (TPSA) is 40.6 Å². The van der Waals surface area contributed by atoms with E-state index in [1.807, 2.05) is 0 Å². The van der Waals surface area contributed by atoms with E-state index < -0.39 is 10.2 Å². The second-order valence-corrected chi connectivity index (χ2v) is 6.51. The summed E-state index contributed by atoms with van der Waals surface area (Å²) in [6.45, 7) is 7.17. The molecule has 0 saturated carbocycles. The van der Waals surface area contributed by atoms with E-state index in [9.17, 15) is 8.42 Å². The molecule has 0 aromatic rings. The van der Waals surface area contributed by atoms with Crippen molar-refractivity contribution in [3.8, 4) is 0 Å². The summed E-state index contributed by atoms with van der Waals surface area (Å²) in [6, 6.07) is 0. The molecule has 0 unspecified atom stereocenters. The van der Waals surface area contributed by atoms with Gasteiger partial charge in [0.05, 0.1) is 0 Å². The molecule has 14 heavy (non-hydrogen) atoms. The van der Waals surface area contributed by atoms with Gasteiger partial charge in [0, 0.05) is 26.2 Å². The molecule has 2 aliphatic heterocycles. The molecule has 0 N–H and O–H groups in total. The SMILES string of the molecule is CC(C)C1CN(S(=O)(=O)N2CCC2)C1. The van der Waals surface area contributed by atoms with Crippen LogP contribution in [0.25, 0.3) is 0 Å². The van der Waals surface area contributed by atoms with Crippen molar-refractivity contribution in [3.63, 3.8) is 0 Å². The fourth-order valence-electron chi connectivity index (χ4n) is 1.76. The van der Waals surface area contributed by atoms with E-state index in [2.05, 4.69) is 13.8 Å². The molecule has 2 saturated heterocycles. The number of nitrogens with zero attached hydrogens (tertiary/aromatic N) is 2. The van der Waals surface area contributed by atoms with E-state index >= 15 is 0 Å². The second-order valence-electron chi connectivity index (χ2n) is 4.58. The molecule has 0 aliphatic carbocycles. The minimum absolute atomic E-state index is 0.561. The molecule has 2 heterocycles. The van der Waals surface area contributed by atoms with Crippen LogP contribution < -0.4 is 0 Å². The predicted octanol–water partition coefficient (Wildman–Crippen LogP) is 0.525. The lowest BCUT2D eigenvalue weighted by Gasteiger charge is -2.44. The average molecular weight is 218 g/mol. The first-order valence-corrected chi connectivity index (χ1v) is 6.66. The first-order valence-electron chi connectivity index (χ1n) is 5.27. The maximum atomic E-state index is 11.8. The van der Waals surface area contributed by atoms with Gasteiger partial charge in [0.25, 0.3) is 10.2 Å². The maximum absolute atomic E-state index is 11.8. The van der Waals surface area contributed by atoms with E-state index in [1.54, 1.807) is 8.61 Å². The monoisotopic (exact) mass is 218 g/mol. The highest BCUT2D eigenvalue weighted by Gasteiger charge is 2.41. The Morgan fingerprint density at radius 2 is 1.71 bits per heavy atom. The lowest BCUT2D eigenvalue weighted by molar-refractivity contribution is 0.135. The fourth-order valence-corrected chi connectivity index (χ4v) is 3.57. The van der Waals surface area contributed by atoms with Crippen LogP contribution in [0.15, 0.2) is 0 Å². The molecule has 0 spiro atoms. The number of hydrogen-bond donors (Lipinski definition) is 0. The van der Waals surface area contributed by atoms with Crippen molar-refractivity contribution in [3.05, 3.63) is 0 Å². The third-order valence-electron chi connectivity index (χ3n) is 3.29. The van der Waals surface area contributed by atoms with Gasteiger partial charge >= 0.3 is 0 Å². The molecule has 2 fully saturated rings. The van der Waals surface area contributed by atoms with E-state index in [4.69, 9.17) is 0 Å². The van der Waals surface area contributed by atoms with Crippen molar-refractivity contribution in [1.29, 1.82) is 0 Å². The standard InChI is InChI=1S/C9H18N2O2S/c1-8(2)9-6-11(7-9)14(12,13)10-4-3-5-10/h8-9H,3-7H2,1-2H3. The van der Waals surface area contributed by atoms with Gasteiger partial charge in [0.1, 0.15) is 0 Å². The Bertz CT molecular complexity index is 303. The van der Waals surface area contributed by atoms with Gasteiger partial charge in [-0.15, -0.1) is 0 Å². The Balaban J connectivity index is 1.92. The summed E-state index contributed by atoms with van der Waals surface area (Å²) in [5.74, 6) is 1.16. The van der Waals surface area contributed by atoms with Gasteiger partial charge in [-0.3, -0.25) is 0 Å². The normalized spacial score (nSPS) is 26.2. The van der Waals surface area contributed by atoms with E-state index in [-0.39, 0.29) is 0 Å². The summed E-state index contributed by atoms with van der Waals surface area (Å²) in [5, 5.41) is 0. The summed E-state index contributed by atoms with van der Waals surface area (Å²) >= 11 is 0. The minimum atomic E-state index is -3.07. The van der Waals surface area contributed by atoms with Crippen LogP contribution in [0, 0.1) is 11.8 Å². The van der Waals surface area contributed by atoms with Crippen LogP contribution in [0.3, 0.4) is 0 Å². The van der Waals surface area contributed by atoms with Crippen molar-refractivity contribution in [2.75, 3.05) is 26.2 Å². The van der Waals surface area contributed by atoms with Gasteiger partial charge in [-0.05, 0) is 18.3 Å². The Morgan fingerprint density at radius 1 is 1.14 bits per heavy atom. The fraction of sp³-hybridized carbons (Fsp3) is 1.00. The van der Waals surface area contributed by atoms with Crippen LogP contribution in [0.4, 0.5) is 0 Å². The van der Waals surface area contributed by atoms with Crippen LogP contribution >= 0.6 is 0 Å². The number of hydrogen-bond acceptors (Lipinski definition) is 2. The summed E-state index contributed by atoms with van der Waals surface area (Å²) in [7, 11) is -3.07. The van der Waals surface area contributed by atoms with Gasteiger partial charge < -0.3 is 0 Å². The quantitative estimate of drug-likeness (QED) is 0.693. The third-order valence-corrected chi connectivity index (χ3v) is 5.26. The first kappa shape index (κ1) is 10.4. The molecule has 82 valence electrons.